The highest BCUT2D eigenvalue weighted by Gasteiger charge is 2.28. The Kier molecular flexibility index (Phi) is 5.67. The number of nitrogens with one attached hydrogen (secondary N) is 1. The SMILES string of the molecule is Cc1cnc(N)c(C#CCCNC(=O)OCC2c3ccccc3-c3ccccc32)c1. The van der Waals surface area contributed by atoms with Crippen molar-refractivity contribution in [2.75, 3.05) is 18.9 Å². The number of hydrogen-bond acceptors (Lipinski definition) is 4. The van der Waals surface area contributed by atoms with E-state index in [-0.39, 0.29) is 5.92 Å². The third-order valence-electron chi connectivity index (χ3n) is 5.14. The van der Waals surface area contributed by atoms with Crippen molar-refractivity contribution in [3.05, 3.63) is 83.0 Å². The number of pyridine rings is 1. The first-order valence-corrected chi connectivity index (χ1v) is 9.93. The van der Waals surface area contributed by atoms with Crippen molar-refractivity contribution in [2.45, 2.75) is 19.3 Å². The molecule has 1 aromatic heterocycles. The van der Waals surface area contributed by atoms with Crippen LogP contribution >= 0.6 is 0 Å². The summed E-state index contributed by atoms with van der Waals surface area (Å²) in [6, 6.07) is 18.4. The maximum absolute atomic E-state index is 12.1. The number of amides is 1. The predicted molar refractivity (Wildman–Crippen MR) is 118 cm³/mol. The third-order valence-corrected chi connectivity index (χ3v) is 5.14. The molecule has 0 atom stereocenters. The van der Waals surface area contributed by atoms with Gasteiger partial charge in [0.05, 0.1) is 5.56 Å². The molecule has 2 aromatic carbocycles. The smallest absolute Gasteiger partial charge is 0.407 e. The van der Waals surface area contributed by atoms with Crippen molar-refractivity contribution < 1.29 is 9.53 Å². The number of fused-ring (bicyclic) bond motifs is 3. The molecule has 30 heavy (non-hydrogen) atoms. The van der Waals surface area contributed by atoms with Crippen LogP contribution in [0.5, 0.6) is 0 Å². The first-order chi connectivity index (χ1) is 14.6. The molecule has 1 aliphatic carbocycles. The van der Waals surface area contributed by atoms with Gasteiger partial charge in [0.1, 0.15) is 12.4 Å². The Morgan fingerprint density at radius 1 is 1.13 bits per heavy atom. The number of nitrogens with two attached hydrogens (primary N) is 1. The molecule has 1 heterocycles. The van der Waals surface area contributed by atoms with Gasteiger partial charge in [-0.1, -0.05) is 60.4 Å². The average Bonchev–Trinajstić information content (AvgIpc) is 3.08. The van der Waals surface area contributed by atoms with E-state index in [9.17, 15) is 4.79 Å². The van der Waals surface area contributed by atoms with E-state index in [0.29, 0.717) is 31.0 Å². The summed E-state index contributed by atoms with van der Waals surface area (Å²) in [6.07, 6.45) is 1.77. The molecular formula is C25H23N3O2. The molecule has 5 nitrogen and oxygen atoms in total. The highest BCUT2D eigenvalue weighted by Crippen LogP contribution is 2.44. The summed E-state index contributed by atoms with van der Waals surface area (Å²) in [5.74, 6) is 6.47. The number of carbonyl (C=O) groups is 1. The van der Waals surface area contributed by atoms with Crippen LogP contribution in [-0.4, -0.2) is 24.2 Å². The summed E-state index contributed by atoms with van der Waals surface area (Å²) in [5, 5.41) is 2.76. The van der Waals surface area contributed by atoms with Crippen molar-refractivity contribution in [2.24, 2.45) is 0 Å². The minimum Gasteiger partial charge on any atom is -0.449 e. The second kappa shape index (κ2) is 8.71. The largest absolute Gasteiger partial charge is 0.449 e. The number of benzene rings is 2. The topological polar surface area (TPSA) is 77.2 Å². The summed E-state index contributed by atoms with van der Waals surface area (Å²) < 4.78 is 5.51. The Morgan fingerprint density at radius 2 is 1.80 bits per heavy atom. The van der Waals surface area contributed by atoms with Gasteiger partial charge in [0.15, 0.2) is 0 Å². The normalized spacial score (nSPS) is 11.8. The number of nitrogens with zero attached hydrogens (tertiary/aromatic N) is 1. The molecule has 0 unspecified atom stereocenters. The summed E-state index contributed by atoms with van der Waals surface area (Å²) >= 11 is 0. The number of anilines is 1. The maximum Gasteiger partial charge on any atom is 0.407 e. The zero-order valence-electron chi connectivity index (χ0n) is 16.8. The maximum atomic E-state index is 12.1. The Balaban J connectivity index is 1.30. The van der Waals surface area contributed by atoms with E-state index in [1.54, 1.807) is 6.20 Å². The zero-order chi connectivity index (χ0) is 20.9. The molecule has 150 valence electrons. The Labute approximate surface area is 176 Å². The van der Waals surface area contributed by atoms with Crippen molar-refractivity contribution in [3.63, 3.8) is 0 Å². The lowest BCUT2D eigenvalue weighted by Gasteiger charge is -2.14. The van der Waals surface area contributed by atoms with Gasteiger partial charge in [-0.15, -0.1) is 0 Å². The minimum absolute atomic E-state index is 0.0553. The van der Waals surface area contributed by atoms with Crippen molar-refractivity contribution in [3.8, 4) is 23.0 Å². The molecule has 1 aliphatic rings. The van der Waals surface area contributed by atoms with Gasteiger partial charge in [0.2, 0.25) is 0 Å². The monoisotopic (exact) mass is 397 g/mol. The highest BCUT2D eigenvalue weighted by molar-refractivity contribution is 5.79. The number of rotatable bonds is 4. The first kappa shape index (κ1) is 19.5. The summed E-state index contributed by atoms with van der Waals surface area (Å²) in [6.45, 7) is 2.65. The van der Waals surface area contributed by atoms with Gasteiger partial charge in [-0.2, -0.15) is 0 Å². The van der Waals surface area contributed by atoms with Crippen LogP contribution in [-0.2, 0) is 4.74 Å². The number of nitrogen functional groups attached to an aromatic ring is 1. The second-order valence-corrected chi connectivity index (χ2v) is 7.25. The molecule has 3 N–H and O–H groups in total. The van der Waals surface area contributed by atoms with Crippen LogP contribution in [0, 0.1) is 18.8 Å². The Hall–Kier alpha value is -3.78. The lowest BCUT2D eigenvalue weighted by molar-refractivity contribution is 0.143. The van der Waals surface area contributed by atoms with Crippen LogP contribution in [0.25, 0.3) is 11.1 Å². The summed E-state index contributed by atoms with van der Waals surface area (Å²) in [4.78, 5) is 16.2. The molecule has 3 aromatic rings. The summed E-state index contributed by atoms with van der Waals surface area (Å²) in [5.41, 5.74) is 12.3. The average molecular weight is 397 g/mol. The van der Waals surface area contributed by atoms with Gasteiger partial charge in [-0.05, 0) is 40.8 Å². The summed E-state index contributed by atoms with van der Waals surface area (Å²) in [7, 11) is 0. The molecule has 0 bridgehead atoms. The fourth-order valence-electron chi connectivity index (χ4n) is 3.71. The van der Waals surface area contributed by atoms with Crippen LogP contribution in [0.3, 0.4) is 0 Å². The molecular weight excluding hydrogens is 374 g/mol. The van der Waals surface area contributed by atoms with E-state index in [1.165, 1.54) is 22.3 Å². The van der Waals surface area contributed by atoms with E-state index < -0.39 is 6.09 Å². The molecule has 4 rings (SSSR count). The first-order valence-electron chi connectivity index (χ1n) is 9.93. The van der Waals surface area contributed by atoms with E-state index in [2.05, 4.69) is 46.4 Å². The standard InChI is InChI=1S/C25H23N3O2/c1-17-14-18(24(26)28-15-17)8-6-7-13-27-25(29)30-16-23-21-11-4-2-9-19(21)20-10-3-5-12-22(20)23/h2-5,9-12,14-15,23H,7,13,16H2,1H3,(H2,26,28)(H,27,29). The molecule has 0 saturated heterocycles. The lowest BCUT2D eigenvalue weighted by Crippen LogP contribution is -2.26. The van der Waals surface area contributed by atoms with E-state index in [4.69, 9.17) is 10.5 Å². The van der Waals surface area contributed by atoms with Gasteiger partial charge in [0, 0.05) is 25.1 Å². The van der Waals surface area contributed by atoms with Gasteiger partial charge >= 0.3 is 6.09 Å². The van der Waals surface area contributed by atoms with E-state index >= 15 is 0 Å². The molecule has 0 aliphatic heterocycles. The number of ether oxygens (including phenoxy) is 1. The number of aromatic nitrogens is 1. The molecule has 5 heteroatoms. The van der Waals surface area contributed by atoms with Gasteiger partial charge in [0.25, 0.3) is 0 Å². The molecule has 0 radical (unpaired) electrons. The third kappa shape index (κ3) is 4.13. The predicted octanol–water partition coefficient (Wildman–Crippen LogP) is 4.25. The van der Waals surface area contributed by atoms with E-state index in [1.807, 2.05) is 37.3 Å². The van der Waals surface area contributed by atoms with Crippen LogP contribution < -0.4 is 11.1 Å². The zero-order valence-corrected chi connectivity index (χ0v) is 16.8. The second-order valence-electron chi connectivity index (χ2n) is 7.25. The van der Waals surface area contributed by atoms with Crippen LogP contribution in [0.4, 0.5) is 10.6 Å². The van der Waals surface area contributed by atoms with Crippen LogP contribution in [0.1, 0.15) is 34.6 Å². The van der Waals surface area contributed by atoms with Gasteiger partial charge < -0.3 is 15.8 Å². The lowest BCUT2D eigenvalue weighted by atomic mass is 9.98. The molecule has 0 fully saturated rings. The van der Waals surface area contributed by atoms with Crippen molar-refractivity contribution >= 4 is 11.9 Å². The van der Waals surface area contributed by atoms with Gasteiger partial charge in [-0.3, -0.25) is 0 Å². The fraction of sp³-hybridized carbons (Fsp3) is 0.200. The number of alkyl carbamates (subject to hydrolysis) is 1. The minimum atomic E-state index is -0.435. The Morgan fingerprint density at radius 3 is 2.50 bits per heavy atom. The molecule has 1 amide bonds. The Bertz CT molecular complexity index is 1100. The molecule has 0 spiro atoms. The van der Waals surface area contributed by atoms with Crippen LogP contribution in [0.2, 0.25) is 0 Å². The van der Waals surface area contributed by atoms with Crippen LogP contribution in [0.15, 0.2) is 60.8 Å². The van der Waals surface area contributed by atoms with Crippen molar-refractivity contribution in [1.82, 2.24) is 10.3 Å². The van der Waals surface area contributed by atoms with E-state index in [0.717, 1.165) is 5.56 Å². The highest BCUT2D eigenvalue weighted by atomic mass is 16.5. The van der Waals surface area contributed by atoms with Crippen molar-refractivity contribution in [1.29, 1.82) is 0 Å². The fourth-order valence-corrected chi connectivity index (χ4v) is 3.71. The number of carbonyl (C=O) groups excluding carboxylic acids is 1. The molecule has 0 saturated carbocycles. The number of aryl methyl sites for hydroxylation is 1. The number of hydrogen-bond donors (Lipinski definition) is 2. The van der Waals surface area contributed by atoms with Gasteiger partial charge in [-0.25, -0.2) is 9.78 Å². The quantitative estimate of drug-likeness (QED) is 0.510.